The quantitative estimate of drug-likeness (QED) is 0.552. The van der Waals surface area contributed by atoms with E-state index in [0.717, 1.165) is 0 Å². The topological polar surface area (TPSA) is 61.3 Å². The summed E-state index contributed by atoms with van der Waals surface area (Å²) in [5, 5.41) is 0. The van der Waals surface area contributed by atoms with Crippen molar-refractivity contribution in [2.24, 2.45) is 11.5 Å². The first-order chi connectivity index (χ1) is 4.16. The molecule has 1 unspecified atom stereocenters. The molecule has 0 aliphatic heterocycles. The van der Waals surface area contributed by atoms with Crippen LogP contribution in [0.5, 0.6) is 0 Å². The van der Waals surface area contributed by atoms with Crippen LogP contribution in [0.4, 0.5) is 0 Å². The van der Waals surface area contributed by atoms with Gasteiger partial charge in [-0.25, -0.2) is 0 Å². The van der Waals surface area contributed by atoms with E-state index in [9.17, 15) is 0 Å². The van der Waals surface area contributed by atoms with Gasteiger partial charge < -0.3 is 16.2 Å². The second-order valence-electron chi connectivity index (χ2n) is 2.38. The van der Waals surface area contributed by atoms with Crippen LogP contribution in [0.3, 0.4) is 0 Å². The Balaban J connectivity index is 3.06. The highest BCUT2D eigenvalue weighted by Gasteiger charge is 1.99. The number of ether oxygens (including phenoxy) is 1. The van der Waals surface area contributed by atoms with Crippen molar-refractivity contribution in [1.29, 1.82) is 0 Å². The van der Waals surface area contributed by atoms with Gasteiger partial charge >= 0.3 is 0 Å². The van der Waals surface area contributed by atoms with E-state index in [4.69, 9.17) is 16.2 Å². The number of rotatable bonds is 4. The summed E-state index contributed by atoms with van der Waals surface area (Å²) in [4.78, 5) is 0. The van der Waals surface area contributed by atoms with E-state index in [2.05, 4.69) is 0 Å². The van der Waals surface area contributed by atoms with Gasteiger partial charge in [0.15, 0.2) is 0 Å². The maximum absolute atomic E-state index is 5.47. The highest BCUT2D eigenvalue weighted by Crippen LogP contribution is 1.87. The molecule has 0 aliphatic carbocycles. The van der Waals surface area contributed by atoms with Crippen LogP contribution in [-0.4, -0.2) is 25.3 Å². The van der Waals surface area contributed by atoms with E-state index in [1.165, 1.54) is 0 Å². The molecule has 3 nitrogen and oxygen atoms in total. The van der Waals surface area contributed by atoms with Gasteiger partial charge in [-0.15, -0.1) is 0 Å². The monoisotopic (exact) mass is 132 g/mol. The smallest absolute Gasteiger partial charge is 0.0633 e. The summed E-state index contributed by atoms with van der Waals surface area (Å²) < 4.78 is 5.19. The lowest BCUT2D eigenvalue weighted by molar-refractivity contribution is 0.0697. The summed E-state index contributed by atoms with van der Waals surface area (Å²) in [5.41, 5.74) is 10.7. The average Bonchev–Trinajstić information content (AvgIpc) is 1.83. The van der Waals surface area contributed by atoms with Gasteiger partial charge in [-0.3, -0.25) is 0 Å². The normalized spacial score (nSPS) is 14.3. The van der Waals surface area contributed by atoms with Crippen molar-refractivity contribution in [3.05, 3.63) is 0 Å². The molecule has 0 saturated carbocycles. The van der Waals surface area contributed by atoms with Crippen LogP contribution in [0.15, 0.2) is 0 Å². The first kappa shape index (κ1) is 8.88. The maximum Gasteiger partial charge on any atom is 0.0633 e. The van der Waals surface area contributed by atoms with Crippen molar-refractivity contribution in [2.75, 3.05) is 13.2 Å². The number of nitrogens with two attached hydrogens (primary N) is 2. The molecule has 9 heavy (non-hydrogen) atoms. The fourth-order valence-corrected chi connectivity index (χ4v) is 0.384. The molecule has 0 rings (SSSR count). The van der Waals surface area contributed by atoms with Gasteiger partial charge in [0.1, 0.15) is 0 Å². The van der Waals surface area contributed by atoms with Gasteiger partial charge in [-0.2, -0.15) is 0 Å². The molecule has 4 N–H and O–H groups in total. The molecule has 0 radical (unpaired) electrons. The van der Waals surface area contributed by atoms with Crippen molar-refractivity contribution < 1.29 is 4.74 Å². The summed E-state index contributed by atoms with van der Waals surface area (Å²) in [6.45, 7) is 5.01. The Labute approximate surface area is 56.4 Å². The van der Waals surface area contributed by atoms with Crippen LogP contribution in [0.1, 0.15) is 13.8 Å². The molecule has 0 fully saturated rings. The lowest BCUT2D eigenvalue weighted by Crippen LogP contribution is -2.35. The zero-order valence-electron chi connectivity index (χ0n) is 6.13. The Kier molecular flexibility index (Phi) is 4.67. The van der Waals surface area contributed by atoms with Crippen LogP contribution < -0.4 is 11.5 Å². The van der Waals surface area contributed by atoms with E-state index >= 15 is 0 Å². The molecule has 3 heteroatoms. The average molecular weight is 132 g/mol. The highest BCUT2D eigenvalue weighted by atomic mass is 16.5. The van der Waals surface area contributed by atoms with E-state index in [1.807, 2.05) is 13.8 Å². The van der Waals surface area contributed by atoms with Crippen molar-refractivity contribution in [2.45, 2.75) is 26.0 Å². The molecule has 0 heterocycles. The standard InChI is InChI=1S/C6H16N2O/c1-5(2)9-4-6(8)3-7/h5-6H,3-4,7-8H2,1-2H3. The van der Waals surface area contributed by atoms with Crippen molar-refractivity contribution in [3.8, 4) is 0 Å². The Morgan fingerprint density at radius 3 is 2.33 bits per heavy atom. The molecule has 0 spiro atoms. The molecule has 56 valence electrons. The molecule has 0 aromatic heterocycles. The minimum atomic E-state index is -0.00704. The second kappa shape index (κ2) is 4.73. The Morgan fingerprint density at radius 2 is 2.00 bits per heavy atom. The zero-order valence-corrected chi connectivity index (χ0v) is 6.13. The van der Waals surface area contributed by atoms with Crippen LogP contribution in [0.2, 0.25) is 0 Å². The first-order valence-electron chi connectivity index (χ1n) is 3.24. The second-order valence-corrected chi connectivity index (χ2v) is 2.38. The van der Waals surface area contributed by atoms with Crippen LogP contribution >= 0.6 is 0 Å². The van der Waals surface area contributed by atoms with Crippen LogP contribution in [-0.2, 0) is 4.74 Å². The SMILES string of the molecule is CC(C)OCC(N)CN. The third kappa shape index (κ3) is 5.76. The van der Waals surface area contributed by atoms with E-state index in [-0.39, 0.29) is 12.1 Å². The fourth-order valence-electron chi connectivity index (χ4n) is 0.384. The summed E-state index contributed by atoms with van der Waals surface area (Å²) in [6.07, 6.45) is 0.252. The summed E-state index contributed by atoms with van der Waals surface area (Å²) in [6, 6.07) is -0.00704. The summed E-state index contributed by atoms with van der Waals surface area (Å²) in [7, 11) is 0. The Morgan fingerprint density at radius 1 is 1.44 bits per heavy atom. The Bertz CT molecular complexity index is 66.1. The van der Waals surface area contributed by atoms with Crippen LogP contribution in [0, 0.1) is 0 Å². The molecule has 0 aliphatic rings. The summed E-state index contributed by atoms with van der Waals surface area (Å²) >= 11 is 0. The van der Waals surface area contributed by atoms with Crippen molar-refractivity contribution in [1.82, 2.24) is 0 Å². The lowest BCUT2D eigenvalue weighted by atomic mass is 10.3. The molecular formula is C6H16N2O. The molecule has 0 amide bonds. The third-order valence-corrected chi connectivity index (χ3v) is 0.946. The molecular weight excluding hydrogens is 116 g/mol. The number of hydrogen-bond acceptors (Lipinski definition) is 3. The molecule has 0 saturated heterocycles. The predicted octanol–water partition coefficient (Wildman–Crippen LogP) is -0.303. The fraction of sp³-hybridized carbons (Fsp3) is 1.00. The largest absolute Gasteiger partial charge is 0.377 e. The van der Waals surface area contributed by atoms with Gasteiger partial charge in [-0.05, 0) is 13.8 Å². The first-order valence-corrected chi connectivity index (χ1v) is 3.24. The van der Waals surface area contributed by atoms with Crippen molar-refractivity contribution >= 4 is 0 Å². The van der Waals surface area contributed by atoms with Gasteiger partial charge in [0, 0.05) is 12.6 Å². The Hall–Kier alpha value is -0.120. The minimum absolute atomic E-state index is 0.00704. The van der Waals surface area contributed by atoms with E-state index < -0.39 is 0 Å². The van der Waals surface area contributed by atoms with Crippen molar-refractivity contribution in [3.63, 3.8) is 0 Å². The number of hydrogen-bond donors (Lipinski definition) is 2. The maximum atomic E-state index is 5.47. The van der Waals surface area contributed by atoms with Gasteiger partial charge in [0.05, 0.1) is 12.7 Å². The summed E-state index contributed by atoms with van der Waals surface area (Å²) in [5.74, 6) is 0. The molecule has 0 bridgehead atoms. The van der Waals surface area contributed by atoms with Gasteiger partial charge in [0.2, 0.25) is 0 Å². The van der Waals surface area contributed by atoms with Gasteiger partial charge in [-0.1, -0.05) is 0 Å². The molecule has 0 aromatic carbocycles. The predicted molar refractivity (Wildman–Crippen MR) is 38.1 cm³/mol. The zero-order chi connectivity index (χ0) is 7.28. The molecule has 0 aromatic rings. The lowest BCUT2D eigenvalue weighted by Gasteiger charge is -2.11. The third-order valence-electron chi connectivity index (χ3n) is 0.946. The van der Waals surface area contributed by atoms with Crippen LogP contribution in [0.25, 0.3) is 0 Å². The van der Waals surface area contributed by atoms with Gasteiger partial charge in [0.25, 0.3) is 0 Å². The highest BCUT2D eigenvalue weighted by molar-refractivity contribution is 4.59. The molecule has 1 atom stereocenters. The van der Waals surface area contributed by atoms with E-state index in [1.54, 1.807) is 0 Å². The van der Waals surface area contributed by atoms with E-state index in [0.29, 0.717) is 13.2 Å². The minimum Gasteiger partial charge on any atom is -0.377 e.